The molecule has 26 heavy (non-hydrogen) atoms. The molecular formula is C20H19ClN2O3. The molecule has 0 spiro atoms. The smallest absolute Gasteiger partial charge is 0.335 e. The monoisotopic (exact) mass is 370 g/mol. The number of hydrogen-bond acceptors (Lipinski definition) is 4. The van der Waals surface area contributed by atoms with Crippen LogP contribution in [0.25, 0.3) is 0 Å². The minimum absolute atomic E-state index is 0.131. The Hall–Kier alpha value is -2.71. The van der Waals surface area contributed by atoms with Crippen molar-refractivity contribution in [2.45, 2.75) is 37.8 Å². The van der Waals surface area contributed by atoms with Gasteiger partial charge in [-0.25, -0.2) is 4.79 Å². The third kappa shape index (κ3) is 4.47. The number of aromatic carboxylic acids is 1. The lowest BCUT2D eigenvalue weighted by Crippen LogP contribution is -2.31. The number of carbonyl (C=O) groups is 1. The molecule has 0 aliphatic heterocycles. The molecule has 6 heteroatoms. The van der Waals surface area contributed by atoms with Crippen LogP contribution in [0.3, 0.4) is 0 Å². The van der Waals surface area contributed by atoms with E-state index in [-0.39, 0.29) is 11.7 Å². The van der Waals surface area contributed by atoms with Crippen molar-refractivity contribution >= 4 is 23.3 Å². The van der Waals surface area contributed by atoms with Crippen LogP contribution in [0.15, 0.2) is 42.5 Å². The van der Waals surface area contributed by atoms with Crippen molar-refractivity contribution in [3.05, 3.63) is 58.6 Å². The lowest BCUT2D eigenvalue weighted by atomic mass is 9.92. The van der Waals surface area contributed by atoms with Gasteiger partial charge in [0.05, 0.1) is 22.3 Å². The van der Waals surface area contributed by atoms with Crippen LogP contribution in [-0.2, 0) is 0 Å². The van der Waals surface area contributed by atoms with Gasteiger partial charge in [-0.15, -0.1) is 0 Å². The van der Waals surface area contributed by atoms with Crippen LogP contribution in [-0.4, -0.2) is 23.2 Å². The van der Waals surface area contributed by atoms with Crippen LogP contribution in [0.4, 0.5) is 5.69 Å². The molecule has 3 rings (SSSR count). The molecule has 0 amide bonds. The average Bonchev–Trinajstić information content (AvgIpc) is 2.64. The third-order valence-electron chi connectivity index (χ3n) is 4.54. The lowest BCUT2D eigenvalue weighted by molar-refractivity contribution is 0.0697. The lowest BCUT2D eigenvalue weighted by Gasteiger charge is -2.30. The Morgan fingerprint density at radius 1 is 1.15 bits per heavy atom. The standard InChI is InChI=1S/C20H19ClN2O3/c21-19-11-18(8-3-14(19)12-22)26-17-9-6-16(7-10-17)23-15-4-1-13(2-5-15)20(24)25/h1-5,8,11,16-17,23H,6-7,9-10H2,(H,24,25)/t16-,17-. The Kier molecular flexibility index (Phi) is 5.65. The highest BCUT2D eigenvalue weighted by Gasteiger charge is 2.22. The predicted octanol–water partition coefficient (Wildman–Crippen LogP) is 4.71. The maximum atomic E-state index is 10.9. The normalized spacial score (nSPS) is 19.4. The molecule has 2 aromatic rings. The van der Waals surface area contributed by atoms with Crippen molar-refractivity contribution in [3.8, 4) is 11.8 Å². The first-order valence-corrected chi connectivity index (χ1v) is 8.89. The van der Waals surface area contributed by atoms with E-state index < -0.39 is 5.97 Å². The number of hydrogen-bond donors (Lipinski definition) is 2. The summed E-state index contributed by atoms with van der Waals surface area (Å²) in [5, 5.41) is 21.7. The summed E-state index contributed by atoms with van der Waals surface area (Å²) in [6.45, 7) is 0. The van der Waals surface area contributed by atoms with Gasteiger partial charge in [0, 0.05) is 17.8 Å². The molecule has 0 saturated heterocycles. The fourth-order valence-corrected chi connectivity index (χ4v) is 3.33. The molecule has 2 N–H and O–H groups in total. The Bertz CT molecular complexity index is 822. The molecule has 0 bridgehead atoms. The topological polar surface area (TPSA) is 82.3 Å². The first-order chi connectivity index (χ1) is 12.5. The summed E-state index contributed by atoms with van der Waals surface area (Å²) in [7, 11) is 0. The van der Waals surface area contributed by atoms with Crippen LogP contribution in [0.2, 0.25) is 5.02 Å². The second-order valence-corrected chi connectivity index (χ2v) is 6.78. The van der Waals surface area contributed by atoms with Gasteiger partial charge in [0.2, 0.25) is 0 Å². The van der Waals surface area contributed by atoms with E-state index >= 15 is 0 Å². The molecule has 0 atom stereocenters. The fraction of sp³-hybridized carbons (Fsp3) is 0.300. The zero-order valence-corrected chi connectivity index (χ0v) is 14.9. The Morgan fingerprint density at radius 3 is 2.42 bits per heavy atom. The first kappa shape index (κ1) is 18.1. The van der Waals surface area contributed by atoms with E-state index in [0.717, 1.165) is 31.4 Å². The molecule has 134 valence electrons. The van der Waals surface area contributed by atoms with Gasteiger partial charge >= 0.3 is 5.97 Å². The maximum Gasteiger partial charge on any atom is 0.335 e. The number of nitrogens with zero attached hydrogens (tertiary/aromatic N) is 1. The SMILES string of the molecule is N#Cc1ccc(O[C@H]2CC[C@H](Nc3ccc(C(=O)O)cc3)CC2)cc1Cl. The molecule has 1 saturated carbocycles. The van der Waals surface area contributed by atoms with Crippen molar-refractivity contribution < 1.29 is 14.6 Å². The predicted molar refractivity (Wildman–Crippen MR) is 99.9 cm³/mol. The minimum Gasteiger partial charge on any atom is -0.490 e. The number of rotatable bonds is 5. The van der Waals surface area contributed by atoms with E-state index in [1.807, 2.05) is 6.07 Å². The van der Waals surface area contributed by atoms with Crippen LogP contribution < -0.4 is 10.1 Å². The number of carboxylic acid groups (broad SMARTS) is 1. The van der Waals surface area contributed by atoms with E-state index in [9.17, 15) is 4.79 Å². The molecule has 1 aliphatic rings. The molecule has 2 aromatic carbocycles. The third-order valence-corrected chi connectivity index (χ3v) is 4.85. The number of halogens is 1. The molecule has 5 nitrogen and oxygen atoms in total. The van der Waals surface area contributed by atoms with Crippen molar-refractivity contribution in [3.63, 3.8) is 0 Å². The summed E-state index contributed by atoms with van der Waals surface area (Å²) in [5.74, 6) is -0.230. The Morgan fingerprint density at radius 2 is 1.85 bits per heavy atom. The second-order valence-electron chi connectivity index (χ2n) is 6.37. The van der Waals surface area contributed by atoms with Crippen molar-refractivity contribution in [1.82, 2.24) is 0 Å². The Balaban J connectivity index is 1.50. The molecule has 0 radical (unpaired) electrons. The van der Waals surface area contributed by atoms with Crippen LogP contribution >= 0.6 is 11.6 Å². The van der Waals surface area contributed by atoms with Crippen LogP contribution in [0, 0.1) is 11.3 Å². The van der Waals surface area contributed by atoms with Crippen molar-refractivity contribution in [1.29, 1.82) is 5.26 Å². The number of nitrogens with one attached hydrogen (secondary N) is 1. The van der Waals surface area contributed by atoms with E-state index in [1.54, 1.807) is 42.5 Å². The number of benzene rings is 2. The number of carboxylic acids is 1. The first-order valence-electron chi connectivity index (χ1n) is 8.51. The van der Waals surface area contributed by atoms with Gasteiger partial charge in [0.25, 0.3) is 0 Å². The Labute approximate surface area is 157 Å². The molecule has 1 aliphatic carbocycles. The van der Waals surface area contributed by atoms with Gasteiger partial charge in [-0.2, -0.15) is 5.26 Å². The van der Waals surface area contributed by atoms with Gasteiger partial charge in [-0.05, 0) is 62.1 Å². The highest BCUT2D eigenvalue weighted by atomic mass is 35.5. The van der Waals surface area contributed by atoms with E-state index in [2.05, 4.69) is 5.32 Å². The van der Waals surface area contributed by atoms with Gasteiger partial charge in [-0.3, -0.25) is 0 Å². The molecule has 0 unspecified atom stereocenters. The number of ether oxygens (including phenoxy) is 1. The van der Waals surface area contributed by atoms with E-state index in [4.69, 9.17) is 26.7 Å². The van der Waals surface area contributed by atoms with Gasteiger partial charge in [-0.1, -0.05) is 11.6 Å². The fourth-order valence-electron chi connectivity index (χ4n) is 3.12. The number of anilines is 1. The average molecular weight is 371 g/mol. The highest BCUT2D eigenvalue weighted by molar-refractivity contribution is 6.31. The molecule has 1 fully saturated rings. The quantitative estimate of drug-likeness (QED) is 0.796. The summed E-state index contributed by atoms with van der Waals surface area (Å²) in [5.41, 5.74) is 1.66. The molecule has 0 aromatic heterocycles. The number of nitriles is 1. The van der Waals surface area contributed by atoms with Crippen LogP contribution in [0.5, 0.6) is 5.75 Å². The minimum atomic E-state index is -0.919. The molecule has 0 heterocycles. The van der Waals surface area contributed by atoms with Crippen molar-refractivity contribution in [2.24, 2.45) is 0 Å². The van der Waals surface area contributed by atoms with Gasteiger partial charge in [0.1, 0.15) is 11.8 Å². The van der Waals surface area contributed by atoms with Crippen molar-refractivity contribution in [2.75, 3.05) is 5.32 Å². The van der Waals surface area contributed by atoms with E-state index in [1.165, 1.54) is 0 Å². The molecular weight excluding hydrogens is 352 g/mol. The largest absolute Gasteiger partial charge is 0.490 e. The van der Waals surface area contributed by atoms with E-state index in [0.29, 0.717) is 22.4 Å². The van der Waals surface area contributed by atoms with Gasteiger partial charge < -0.3 is 15.2 Å². The van der Waals surface area contributed by atoms with Gasteiger partial charge in [0.15, 0.2) is 0 Å². The zero-order chi connectivity index (χ0) is 18.5. The summed E-state index contributed by atoms with van der Waals surface area (Å²) < 4.78 is 5.99. The summed E-state index contributed by atoms with van der Waals surface area (Å²) in [4.78, 5) is 10.9. The summed E-state index contributed by atoms with van der Waals surface area (Å²) >= 11 is 6.04. The highest BCUT2D eigenvalue weighted by Crippen LogP contribution is 2.28. The zero-order valence-electron chi connectivity index (χ0n) is 14.1. The second kappa shape index (κ2) is 8.11. The van der Waals surface area contributed by atoms with Crippen LogP contribution in [0.1, 0.15) is 41.6 Å². The summed E-state index contributed by atoms with van der Waals surface area (Å²) in [6, 6.07) is 14.3. The maximum absolute atomic E-state index is 10.9. The summed E-state index contributed by atoms with van der Waals surface area (Å²) in [6.07, 6.45) is 3.90.